The summed E-state index contributed by atoms with van der Waals surface area (Å²) in [6.07, 6.45) is -2.31. The summed E-state index contributed by atoms with van der Waals surface area (Å²) in [5, 5.41) is 11.2. The summed E-state index contributed by atoms with van der Waals surface area (Å²) < 4.78 is 15.4. The lowest BCUT2D eigenvalue weighted by molar-refractivity contribution is -0.384. The van der Waals surface area contributed by atoms with Gasteiger partial charge < -0.3 is 14.2 Å². The first-order chi connectivity index (χ1) is 13.2. The van der Waals surface area contributed by atoms with Crippen LogP contribution in [0.4, 0.5) is 21.0 Å². The average molecular weight is 410 g/mol. The molecule has 0 spiro atoms. The molecule has 0 bridgehead atoms. The van der Waals surface area contributed by atoms with Gasteiger partial charge in [0.05, 0.1) is 22.8 Å². The minimum absolute atomic E-state index is 0.0220. The Kier molecular flexibility index (Phi) is 7.32. The largest absolute Gasteiger partial charge is 0.462 e. The van der Waals surface area contributed by atoms with E-state index >= 15 is 0 Å². The van der Waals surface area contributed by atoms with Crippen LogP contribution in [0.15, 0.2) is 18.2 Å². The number of anilines is 1. The molecule has 0 atom stereocenters. The third kappa shape index (κ3) is 7.05. The fraction of sp³-hybridized carbons (Fsp3) is 0.526. The number of hydrogen-bond acceptors (Lipinski definition) is 8. The molecule has 2 amide bonds. The molecule has 0 radical (unpaired) electrons. The molecular formula is C19H26N2O8. The van der Waals surface area contributed by atoms with Crippen molar-refractivity contribution in [3.05, 3.63) is 33.9 Å². The maximum atomic E-state index is 12.8. The highest BCUT2D eigenvalue weighted by atomic mass is 16.6. The molecule has 0 saturated heterocycles. The minimum atomic E-state index is -1.15. The number of nitro groups is 1. The van der Waals surface area contributed by atoms with E-state index in [1.807, 2.05) is 0 Å². The van der Waals surface area contributed by atoms with Crippen molar-refractivity contribution < 1.29 is 33.5 Å². The molecule has 0 N–H and O–H groups in total. The Morgan fingerprint density at radius 2 is 1.48 bits per heavy atom. The van der Waals surface area contributed by atoms with E-state index in [1.165, 1.54) is 0 Å². The van der Waals surface area contributed by atoms with E-state index in [0.717, 1.165) is 18.2 Å². The number of carbonyl (C=O) groups excluding carboxylic acids is 3. The standard InChI is InChI=1S/C19H26N2O8/c1-8-27-15(22)13-10-9-12(21(25)26)11-14(13)20(16(23)28-18(2,3)4)17(24)29-19(5,6)7/h9-11H,8H2,1-7H3. The maximum Gasteiger partial charge on any atom is 0.424 e. The number of amides is 2. The van der Waals surface area contributed by atoms with Crippen LogP contribution in [-0.2, 0) is 14.2 Å². The quantitative estimate of drug-likeness (QED) is 0.308. The van der Waals surface area contributed by atoms with Crippen LogP contribution in [0.1, 0.15) is 58.8 Å². The number of imide groups is 1. The third-order valence-corrected chi connectivity index (χ3v) is 3.08. The van der Waals surface area contributed by atoms with Gasteiger partial charge in [-0.15, -0.1) is 0 Å². The molecule has 29 heavy (non-hydrogen) atoms. The van der Waals surface area contributed by atoms with E-state index in [0.29, 0.717) is 4.90 Å². The molecule has 0 aliphatic carbocycles. The lowest BCUT2D eigenvalue weighted by Gasteiger charge is -2.29. The Morgan fingerprint density at radius 3 is 1.86 bits per heavy atom. The lowest BCUT2D eigenvalue weighted by atomic mass is 10.1. The van der Waals surface area contributed by atoms with Crippen LogP contribution in [-0.4, -0.2) is 40.9 Å². The molecular weight excluding hydrogens is 384 g/mol. The van der Waals surface area contributed by atoms with Crippen LogP contribution in [0, 0.1) is 10.1 Å². The van der Waals surface area contributed by atoms with Crippen LogP contribution >= 0.6 is 0 Å². The molecule has 1 aromatic rings. The van der Waals surface area contributed by atoms with Gasteiger partial charge in [0.25, 0.3) is 5.69 Å². The van der Waals surface area contributed by atoms with Gasteiger partial charge in [0.15, 0.2) is 0 Å². The van der Waals surface area contributed by atoms with E-state index < -0.39 is 40.0 Å². The SMILES string of the molecule is CCOC(=O)c1ccc([N+](=O)[O-])cc1N(C(=O)OC(C)(C)C)C(=O)OC(C)(C)C. The fourth-order valence-corrected chi connectivity index (χ4v) is 2.09. The molecule has 10 heteroatoms. The van der Waals surface area contributed by atoms with Crippen molar-refractivity contribution in [2.24, 2.45) is 0 Å². The molecule has 0 unspecified atom stereocenters. The van der Waals surface area contributed by atoms with Crippen molar-refractivity contribution in [1.82, 2.24) is 0 Å². The summed E-state index contributed by atoms with van der Waals surface area (Å²) in [6, 6.07) is 3.09. The molecule has 10 nitrogen and oxygen atoms in total. The number of ether oxygens (including phenoxy) is 3. The van der Waals surface area contributed by atoms with Crippen LogP contribution in [0.2, 0.25) is 0 Å². The van der Waals surface area contributed by atoms with Gasteiger partial charge in [-0.1, -0.05) is 0 Å². The smallest absolute Gasteiger partial charge is 0.424 e. The van der Waals surface area contributed by atoms with E-state index in [1.54, 1.807) is 48.5 Å². The van der Waals surface area contributed by atoms with E-state index in [9.17, 15) is 24.5 Å². The summed E-state index contributed by atoms with van der Waals surface area (Å²) in [5.74, 6) is -0.866. The normalized spacial score (nSPS) is 11.4. The first-order valence-corrected chi connectivity index (χ1v) is 8.88. The van der Waals surface area contributed by atoms with Gasteiger partial charge in [0.1, 0.15) is 11.2 Å². The first-order valence-electron chi connectivity index (χ1n) is 8.88. The Hall–Kier alpha value is -3.17. The number of non-ortho nitro benzene ring substituents is 1. The third-order valence-electron chi connectivity index (χ3n) is 3.08. The van der Waals surface area contributed by atoms with Crippen LogP contribution in [0.3, 0.4) is 0 Å². The van der Waals surface area contributed by atoms with Crippen LogP contribution < -0.4 is 4.90 Å². The molecule has 0 fully saturated rings. The zero-order chi connectivity index (χ0) is 22.6. The van der Waals surface area contributed by atoms with Gasteiger partial charge >= 0.3 is 18.2 Å². The van der Waals surface area contributed by atoms with Gasteiger partial charge in [-0.2, -0.15) is 4.90 Å². The van der Waals surface area contributed by atoms with E-state index in [2.05, 4.69) is 0 Å². The average Bonchev–Trinajstić information content (AvgIpc) is 2.51. The lowest BCUT2D eigenvalue weighted by Crippen LogP contribution is -2.44. The minimum Gasteiger partial charge on any atom is -0.462 e. The van der Waals surface area contributed by atoms with Crippen LogP contribution in [0.25, 0.3) is 0 Å². The Morgan fingerprint density at radius 1 is 1.00 bits per heavy atom. The number of nitro benzene ring substituents is 1. The maximum absolute atomic E-state index is 12.8. The van der Waals surface area contributed by atoms with Crippen molar-refractivity contribution in [2.45, 2.75) is 59.7 Å². The number of nitrogens with zero attached hydrogens (tertiary/aromatic N) is 2. The summed E-state index contributed by atoms with van der Waals surface area (Å²) in [6.45, 7) is 11.1. The number of esters is 1. The number of rotatable bonds is 4. The highest BCUT2D eigenvalue weighted by Gasteiger charge is 2.36. The summed E-state index contributed by atoms with van der Waals surface area (Å²) >= 11 is 0. The Balaban J connectivity index is 3.65. The van der Waals surface area contributed by atoms with Gasteiger partial charge in [0.2, 0.25) is 0 Å². The highest BCUT2D eigenvalue weighted by molar-refractivity contribution is 6.13. The molecule has 0 heterocycles. The molecule has 1 rings (SSSR count). The number of hydrogen-bond donors (Lipinski definition) is 0. The van der Waals surface area contributed by atoms with E-state index in [4.69, 9.17) is 14.2 Å². The van der Waals surface area contributed by atoms with Crippen molar-refractivity contribution in [3.8, 4) is 0 Å². The monoisotopic (exact) mass is 410 g/mol. The second kappa shape index (κ2) is 8.89. The second-order valence-electron chi connectivity index (χ2n) is 7.98. The Bertz CT molecular complexity index is 777. The van der Waals surface area contributed by atoms with E-state index in [-0.39, 0.29) is 17.9 Å². The predicted octanol–water partition coefficient (Wildman–Crippen LogP) is 4.45. The topological polar surface area (TPSA) is 125 Å². The molecule has 1 aromatic carbocycles. The number of benzene rings is 1. The van der Waals surface area contributed by atoms with Gasteiger partial charge in [-0.25, -0.2) is 14.4 Å². The van der Waals surface area contributed by atoms with Crippen molar-refractivity contribution >= 4 is 29.5 Å². The predicted molar refractivity (Wildman–Crippen MR) is 104 cm³/mol. The van der Waals surface area contributed by atoms with Crippen molar-refractivity contribution in [2.75, 3.05) is 11.5 Å². The molecule has 0 aliphatic heterocycles. The van der Waals surface area contributed by atoms with Gasteiger partial charge in [0, 0.05) is 12.1 Å². The zero-order valence-electron chi connectivity index (χ0n) is 17.6. The Labute approximate surface area is 168 Å². The summed E-state index contributed by atoms with van der Waals surface area (Å²) in [7, 11) is 0. The molecule has 160 valence electrons. The highest BCUT2D eigenvalue weighted by Crippen LogP contribution is 2.30. The fourth-order valence-electron chi connectivity index (χ4n) is 2.09. The molecule has 0 aromatic heterocycles. The van der Waals surface area contributed by atoms with Gasteiger partial charge in [-0.3, -0.25) is 10.1 Å². The summed E-state index contributed by atoms with van der Waals surface area (Å²) in [4.78, 5) is 48.9. The van der Waals surface area contributed by atoms with Gasteiger partial charge in [-0.05, 0) is 54.5 Å². The van der Waals surface area contributed by atoms with Crippen molar-refractivity contribution in [3.63, 3.8) is 0 Å². The molecule has 0 aliphatic rings. The van der Waals surface area contributed by atoms with Crippen LogP contribution in [0.5, 0.6) is 0 Å². The first kappa shape index (κ1) is 23.9. The second-order valence-corrected chi connectivity index (χ2v) is 7.98. The zero-order valence-corrected chi connectivity index (χ0v) is 17.6. The van der Waals surface area contributed by atoms with Crippen molar-refractivity contribution in [1.29, 1.82) is 0 Å². The summed E-state index contributed by atoms with van der Waals surface area (Å²) in [5.41, 5.74) is -3.01. The molecule has 0 saturated carbocycles. The number of carbonyl (C=O) groups is 3.